The smallest absolute Gasteiger partial charge is 0.333 e. The minimum Gasteiger partial charge on any atom is -0.452 e. The van der Waals surface area contributed by atoms with Crippen LogP contribution in [-0.2, 0) is 19.1 Å². The van der Waals surface area contributed by atoms with Gasteiger partial charge in [-0.3, -0.25) is 9.59 Å². The number of amides is 2. The molecule has 0 rings (SSSR count). The summed E-state index contributed by atoms with van der Waals surface area (Å²) in [6.45, 7) is 11.7. The number of ether oxygens (including phenoxy) is 1. The lowest BCUT2D eigenvalue weighted by Gasteiger charge is -2.20. The van der Waals surface area contributed by atoms with E-state index in [0.29, 0.717) is 18.0 Å². The Hall–Kier alpha value is -2.11. The molecule has 0 fully saturated rings. The number of likely N-dealkylation sites (N-methyl/N-ethyl adjacent to an activating group) is 1. The third kappa shape index (κ3) is 10.6. The van der Waals surface area contributed by atoms with E-state index in [2.05, 4.69) is 25.2 Å². The molecular weight excluding hydrogens is 344 g/mol. The van der Waals surface area contributed by atoms with Gasteiger partial charge in [0.05, 0.1) is 0 Å². The van der Waals surface area contributed by atoms with Crippen molar-refractivity contribution < 1.29 is 19.1 Å². The van der Waals surface area contributed by atoms with Gasteiger partial charge < -0.3 is 15.0 Å². The molecule has 0 radical (unpaired) electrons. The van der Waals surface area contributed by atoms with E-state index < -0.39 is 24.5 Å². The fourth-order valence-electron chi connectivity index (χ4n) is 2.51. The topological polar surface area (TPSA) is 75.7 Å². The number of allylic oxidation sites excluding steroid dienone is 3. The first-order valence-electron chi connectivity index (χ1n) is 9.62. The normalized spacial score (nSPS) is 14.3. The first kappa shape index (κ1) is 24.9. The van der Waals surface area contributed by atoms with Crippen molar-refractivity contribution in [3.63, 3.8) is 0 Å². The van der Waals surface area contributed by atoms with Crippen molar-refractivity contribution in [1.82, 2.24) is 10.2 Å². The van der Waals surface area contributed by atoms with Crippen LogP contribution < -0.4 is 5.32 Å². The lowest BCUT2D eigenvalue weighted by molar-refractivity contribution is -0.145. The summed E-state index contributed by atoms with van der Waals surface area (Å²) in [7, 11) is 1.67. The number of nitrogens with zero attached hydrogens (tertiary/aromatic N) is 1. The van der Waals surface area contributed by atoms with Crippen molar-refractivity contribution in [2.45, 2.75) is 66.8 Å². The van der Waals surface area contributed by atoms with Crippen LogP contribution in [0.2, 0.25) is 0 Å². The van der Waals surface area contributed by atoms with Crippen LogP contribution in [0.25, 0.3) is 0 Å². The van der Waals surface area contributed by atoms with Gasteiger partial charge in [0.25, 0.3) is 5.91 Å². The van der Waals surface area contributed by atoms with Gasteiger partial charge in [0.2, 0.25) is 5.91 Å². The molecule has 2 unspecified atom stereocenters. The highest BCUT2D eigenvalue weighted by atomic mass is 16.5. The van der Waals surface area contributed by atoms with Gasteiger partial charge >= 0.3 is 5.97 Å². The summed E-state index contributed by atoms with van der Waals surface area (Å²) in [5.74, 6) is -0.633. The molecule has 0 aliphatic carbocycles. The molecule has 0 aromatic carbocycles. The Kier molecular flexibility index (Phi) is 12.1. The quantitative estimate of drug-likeness (QED) is 0.339. The number of rotatable bonds is 11. The van der Waals surface area contributed by atoms with E-state index in [0.717, 1.165) is 19.3 Å². The van der Waals surface area contributed by atoms with E-state index in [1.165, 1.54) is 10.5 Å². The number of hydrogen-bond donors (Lipinski definition) is 1. The third-order valence-corrected chi connectivity index (χ3v) is 4.53. The Morgan fingerprint density at radius 1 is 1.19 bits per heavy atom. The predicted octanol–water partition coefficient (Wildman–Crippen LogP) is 3.23. The van der Waals surface area contributed by atoms with E-state index in [1.807, 2.05) is 19.9 Å². The summed E-state index contributed by atoms with van der Waals surface area (Å²) < 4.78 is 5.02. The van der Waals surface area contributed by atoms with E-state index in [9.17, 15) is 14.4 Å². The fraction of sp³-hybridized carbons (Fsp3) is 0.667. The second kappa shape index (κ2) is 13.1. The molecule has 0 aromatic heterocycles. The zero-order valence-electron chi connectivity index (χ0n) is 17.9. The molecule has 0 heterocycles. The van der Waals surface area contributed by atoms with Gasteiger partial charge in [-0.25, -0.2) is 4.79 Å². The van der Waals surface area contributed by atoms with Crippen LogP contribution in [0.4, 0.5) is 0 Å². The average Bonchev–Trinajstić information content (AvgIpc) is 2.64. The van der Waals surface area contributed by atoms with Crippen LogP contribution in [-0.4, -0.2) is 48.9 Å². The molecule has 0 aliphatic rings. The number of carbonyl (C=O) groups is 3. The highest BCUT2D eigenvalue weighted by molar-refractivity contribution is 5.91. The van der Waals surface area contributed by atoms with Gasteiger partial charge in [-0.1, -0.05) is 24.6 Å². The molecule has 0 spiro atoms. The Morgan fingerprint density at radius 2 is 1.81 bits per heavy atom. The minimum absolute atomic E-state index is 0.185. The molecule has 0 aliphatic heterocycles. The van der Waals surface area contributed by atoms with Crippen LogP contribution in [0.5, 0.6) is 0 Å². The van der Waals surface area contributed by atoms with Crippen molar-refractivity contribution in [3.8, 4) is 0 Å². The molecule has 154 valence electrons. The fourth-order valence-corrected chi connectivity index (χ4v) is 2.51. The highest BCUT2D eigenvalue weighted by Gasteiger charge is 2.19. The largest absolute Gasteiger partial charge is 0.452 e. The van der Waals surface area contributed by atoms with Crippen LogP contribution >= 0.6 is 0 Å². The van der Waals surface area contributed by atoms with Gasteiger partial charge in [-0.2, -0.15) is 0 Å². The third-order valence-electron chi connectivity index (χ3n) is 4.53. The number of esters is 1. The lowest BCUT2D eigenvalue weighted by atomic mass is 9.97. The number of carbonyl (C=O) groups excluding carboxylic acids is 3. The molecule has 2 atom stereocenters. The van der Waals surface area contributed by atoms with Gasteiger partial charge in [-0.05, 0) is 59.8 Å². The minimum atomic E-state index is -0.653. The van der Waals surface area contributed by atoms with E-state index in [1.54, 1.807) is 20.9 Å². The Bertz CT molecular complexity index is 567. The second-order valence-electron chi connectivity index (χ2n) is 7.13. The zero-order chi connectivity index (χ0) is 21.0. The summed E-state index contributed by atoms with van der Waals surface area (Å²) in [5.41, 5.74) is 1.86. The van der Waals surface area contributed by atoms with Gasteiger partial charge in [0.1, 0.15) is 6.04 Å². The Labute approximate surface area is 164 Å². The maximum absolute atomic E-state index is 12.0. The maximum atomic E-state index is 12.0. The van der Waals surface area contributed by atoms with Crippen molar-refractivity contribution in [1.29, 1.82) is 0 Å². The van der Waals surface area contributed by atoms with Crippen molar-refractivity contribution >= 4 is 17.8 Å². The first-order valence-corrected chi connectivity index (χ1v) is 9.62. The number of hydrogen-bond acceptors (Lipinski definition) is 4. The van der Waals surface area contributed by atoms with Crippen LogP contribution in [0.15, 0.2) is 23.3 Å². The molecule has 2 amide bonds. The molecule has 0 saturated heterocycles. The van der Waals surface area contributed by atoms with Crippen molar-refractivity contribution in [2.75, 3.05) is 20.2 Å². The lowest BCUT2D eigenvalue weighted by Crippen LogP contribution is -2.46. The summed E-state index contributed by atoms with van der Waals surface area (Å²) in [4.78, 5) is 37.2. The van der Waals surface area contributed by atoms with Crippen molar-refractivity contribution in [3.05, 3.63) is 23.3 Å². The van der Waals surface area contributed by atoms with Crippen LogP contribution in [0.1, 0.15) is 60.8 Å². The molecule has 6 nitrogen and oxygen atoms in total. The predicted molar refractivity (Wildman–Crippen MR) is 108 cm³/mol. The standard InChI is InChI=1S/C21H36N2O4/c1-8-15(3)13-16(4)11-10-12-17(5)21(26)27-14-19(24)22-18(6)20(25)23(7)9-2/h8,12,16,18H,9-11,13-14H2,1-7H3,(H,22,24)/b15-8+,17-12+. The maximum Gasteiger partial charge on any atom is 0.333 e. The van der Waals surface area contributed by atoms with Crippen molar-refractivity contribution in [2.24, 2.45) is 5.92 Å². The first-order chi connectivity index (χ1) is 12.6. The number of nitrogens with one attached hydrogen (secondary N) is 1. The molecule has 6 heteroatoms. The summed E-state index contributed by atoms with van der Waals surface area (Å²) in [5, 5.41) is 2.54. The van der Waals surface area contributed by atoms with E-state index in [4.69, 9.17) is 4.74 Å². The molecule has 27 heavy (non-hydrogen) atoms. The SMILES string of the molecule is C/C=C(\C)CC(C)CC/C=C(\C)C(=O)OCC(=O)NC(C)C(=O)N(C)CC. The monoisotopic (exact) mass is 380 g/mol. The molecule has 0 aromatic rings. The summed E-state index contributed by atoms with van der Waals surface area (Å²) in [6, 6.07) is -0.653. The van der Waals surface area contributed by atoms with Gasteiger partial charge in [0.15, 0.2) is 6.61 Å². The Morgan fingerprint density at radius 3 is 2.37 bits per heavy atom. The highest BCUT2D eigenvalue weighted by Crippen LogP contribution is 2.17. The molecule has 0 bridgehead atoms. The zero-order valence-corrected chi connectivity index (χ0v) is 17.9. The molecule has 1 N–H and O–H groups in total. The summed E-state index contributed by atoms with van der Waals surface area (Å²) >= 11 is 0. The Balaban J connectivity index is 4.28. The van der Waals surface area contributed by atoms with Gasteiger partial charge in [0, 0.05) is 19.2 Å². The molecular formula is C21H36N2O4. The average molecular weight is 381 g/mol. The van der Waals surface area contributed by atoms with Crippen LogP contribution in [0.3, 0.4) is 0 Å². The molecule has 0 saturated carbocycles. The second-order valence-corrected chi connectivity index (χ2v) is 7.13. The summed E-state index contributed by atoms with van der Waals surface area (Å²) in [6.07, 6.45) is 6.80. The van der Waals surface area contributed by atoms with E-state index in [-0.39, 0.29) is 5.91 Å². The van der Waals surface area contributed by atoms with E-state index >= 15 is 0 Å². The van der Waals surface area contributed by atoms with Crippen LogP contribution in [0, 0.1) is 5.92 Å². The van der Waals surface area contributed by atoms with Gasteiger partial charge in [-0.15, -0.1) is 0 Å².